The van der Waals surface area contributed by atoms with Crippen molar-refractivity contribution >= 4 is 17.8 Å². The average molecular weight is 254 g/mol. The zero-order valence-electron chi connectivity index (χ0n) is 10.5. The highest BCUT2D eigenvalue weighted by Gasteiger charge is 2.38. The van der Waals surface area contributed by atoms with Crippen LogP contribution in [0.4, 0.5) is 0 Å². The van der Waals surface area contributed by atoms with Crippen molar-refractivity contribution < 1.29 is 19.1 Å². The summed E-state index contributed by atoms with van der Waals surface area (Å²) >= 11 is 0. The van der Waals surface area contributed by atoms with Crippen molar-refractivity contribution in [1.29, 1.82) is 0 Å². The number of rotatable bonds is 3. The first-order valence-electron chi connectivity index (χ1n) is 6.36. The molecule has 0 aromatic rings. The fourth-order valence-corrected chi connectivity index (χ4v) is 2.58. The number of likely N-dealkylation sites (tertiary alicyclic amines) is 1. The molecule has 2 aliphatic heterocycles. The van der Waals surface area contributed by atoms with Gasteiger partial charge in [0, 0.05) is 6.54 Å². The summed E-state index contributed by atoms with van der Waals surface area (Å²) in [5, 5.41) is 2.30. The van der Waals surface area contributed by atoms with E-state index in [1.807, 2.05) is 4.90 Å². The third-order valence-electron chi connectivity index (χ3n) is 3.46. The molecule has 100 valence electrons. The summed E-state index contributed by atoms with van der Waals surface area (Å²) in [6.07, 6.45) is 1.84. The van der Waals surface area contributed by atoms with E-state index in [2.05, 4.69) is 5.32 Å². The number of ether oxygens (including phenoxy) is 1. The number of carbonyl (C=O) groups excluding carboxylic acids is 3. The second-order valence-corrected chi connectivity index (χ2v) is 4.72. The lowest BCUT2D eigenvalue weighted by Crippen LogP contribution is -2.47. The predicted molar refractivity (Wildman–Crippen MR) is 62.5 cm³/mol. The summed E-state index contributed by atoms with van der Waals surface area (Å²) < 4.78 is 5.01. The van der Waals surface area contributed by atoms with Crippen molar-refractivity contribution in [1.82, 2.24) is 10.2 Å². The first-order chi connectivity index (χ1) is 8.61. The Hall–Kier alpha value is -1.43. The molecule has 1 unspecified atom stereocenters. The van der Waals surface area contributed by atoms with Crippen LogP contribution < -0.4 is 5.32 Å². The second kappa shape index (κ2) is 5.48. The summed E-state index contributed by atoms with van der Waals surface area (Å²) in [4.78, 5) is 36.4. The quantitative estimate of drug-likeness (QED) is 0.551. The highest BCUT2D eigenvalue weighted by atomic mass is 16.5. The van der Waals surface area contributed by atoms with Crippen LogP contribution in [-0.4, -0.2) is 48.4 Å². The maximum atomic E-state index is 11.7. The molecule has 18 heavy (non-hydrogen) atoms. The van der Waals surface area contributed by atoms with Crippen LogP contribution in [0.3, 0.4) is 0 Å². The molecule has 6 heteroatoms. The Bertz CT molecular complexity index is 369. The summed E-state index contributed by atoms with van der Waals surface area (Å²) in [6, 6.07) is -0.408. The van der Waals surface area contributed by atoms with Crippen LogP contribution in [-0.2, 0) is 19.1 Å². The van der Waals surface area contributed by atoms with Crippen LogP contribution >= 0.6 is 0 Å². The Kier molecular flexibility index (Phi) is 3.96. The molecule has 0 aromatic heterocycles. The van der Waals surface area contributed by atoms with Gasteiger partial charge in [-0.15, -0.1) is 0 Å². The molecule has 2 amide bonds. The van der Waals surface area contributed by atoms with E-state index in [4.69, 9.17) is 4.74 Å². The van der Waals surface area contributed by atoms with Crippen molar-refractivity contribution in [3.8, 4) is 0 Å². The van der Waals surface area contributed by atoms with E-state index < -0.39 is 6.04 Å². The molecule has 2 atom stereocenters. The van der Waals surface area contributed by atoms with Gasteiger partial charge in [0.05, 0.1) is 25.0 Å². The highest BCUT2D eigenvalue weighted by Crippen LogP contribution is 2.22. The first-order valence-corrected chi connectivity index (χ1v) is 6.36. The van der Waals surface area contributed by atoms with Gasteiger partial charge in [0.1, 0.15) is 0 Å². The minimum absolute atomic E-state index is 0.179. The highest BCUT2D eigenvalue weighted by molar-refractivity contribution is 6.05. The lowest BCUT2D eigenvalue weighted by Gasteiger charge is -2.34. The fraction of sp³-hybridized carbons (Fsp3) is 0.750. The van der Waals surface area contributed by atoms with E-state index in [9.17, 15) is 14.4 Å². The number of esters is 1. The Morgan fingerprint density at radius 3 is 2.89 bits per heavy atom. The van der Waals surface area contributed by atoms with E-state index in [1.165, 1.54) is 0 Å². The standard InChI is InChI=1S/C12H18N2O4/c1-2-18-12(17)8-4-3-5-14(7-8)9-6-10(15)13-11(9)16/h8-9H,2-7H2,1H3,(H,13,15,16)/t8-,9?/m0/s1. The number of nitrogens with one attached hydrogen (secondary N) is 1. The molecule has 0 bridgehead atoms. The molecule has 1 N–H and O–H groups in total. The van der Waals surface area contributed by atoms with Gasteiger partial charge < -0.3 is 4.74 Å². The molecule has 0 saturated carbocycles. The topological polar surface area (TPSA) is 75.7 Å². The second-order valence-electron chi connectivity index (χ2n) is 4.72. The number of hydrogen-bond donors (Lipinski definition) is 1. The van der Waals surface area contributed by atoms with E-state index in [1.54, 1.807) is 6.92 Å². The molecule has 2 fully saturated rings. The van der Waals surface area contributed by atoms with Gasteiger partial charge in [-0.25, -0.2) is 0 Å². The van der Waals surface area contributed by atoms with Crippen molar-refractivity contribution in [2.24, 2.45) is 5.92 Å². The molecule has 2 aliphatic rings. The molecule has 6 nitrogen and oxygen atoms in total. The molecular formula is C12H18N2O4. The minimum Gasteiger partial charge on any atom is -0.466 e. The molecular weight excluding hydrogens is 236 g/mol. The number of nitrogens with zero attached hydrogens (tertiary/aromatic N) is 1. The first kappa shape index (κ1) is 13.0. The number of amides is 2. The third kappa shape index (κ3) is 2.69. The van der Waals surface area contributed by atoms with Gasteiger partial charge in [0.15, 0.2) is 0 Å². The zero-order valence-corrected chi connectivity index (χ0v) is 10.5. The van der Waals surface area contributed by atoms with Gasteiger partial charge in [-0.05, 0) is 26.3 Å². The number of hydrogen-bond acceptors (Lipinski definition) is 5. The van der Waals surface area contributed by atoms with Crippen LogP contribution in [0.15, 0.2) is 0 Å². The SMILES string of the molecule is CCOC(=O)[C@H]1CCCN(C2CC(=O)NC2=O)C1. The molecule has 0 radical (unpaired) electrons. The van der Waals surface area contributed by atoms with Crippen molar-refractivity contribution in [2.75, 3.05) is 19.7 Å². The third-order valence-corrected chi connectivity index (χ3v) is 3.46. The fourth-order valence-electron chi connectivity index (χ4n) is 2.58. The maximum absolute atomic E-state index is 11.7. The monoisotopic (exact) mass is 254 g/mol. The van der Waals surface area contributed by atoms with E-state index in [-0.39, 0.29) is 30.1 Å². The zero-order chi connectivity index (χ0) is 13.1. The molecule has 0 spiro atoms. The Balaban J connectivity index is 1.96. The number of imide groups is 1. The van der Waals surface area contributed by atoms with E-state index in [0.29, 0.717) is 13.2 Å². The Morgan fingerprint density at radius 1 is 1.50 bits per heavy atom. The van der Waals surface area contributed by atoms with Gasteiger partial charge in [-0.2, -0.15) is 0 Å². The summed E-state index contributed by atoms with van der Waals surface area (Å²) in [5.74, 6) is -0.859. The van der Waals surface area contributed by atoms with Gasteiger partial charge in [0.25, 0.3) is 0 Å². The lowest BCUT2D eigenvalue weighted by atomic mass is 9.96. The smallest absolute Gasteiger partial charge is 0.310 e. The molecule has 2 heterocycles. The number of piperidine rings is 1. The molecule has 2 rings (SSSR count). The average Bonchev–Trinajstić information content (AvgIpc) is 2.69. The van der Waals surface area contributed by atoms with Crippen molar-refractivity contribution in [3.05, 3.63) is 0 Å². The van der Waals surface area contributed by atoms with Gasteiger partial charge >= 0.3 is 5.97 Å². The van der Waals surface area contributed by atoms with Crippen LogP contribution in [0.2, 0.25) is 0 Å². The molecule has 0 aromatic carbocycles. The van der Waals surface area contributed by atoms with Gasteiger partial charge in [-0.3, -0.25) is 24.6 Å². The normalized spacial score (nSPS) is 29.2. The van der Waals surface area contributed by atoms with Crippen LogP contribution in [0.5, 0.6) is 0 Å². The van der Waals surface area contributed by atoms with Crippen molar-refractivity contribution in [2.45, 2.75) is 32.2 Å². The lowest BCUT2D eigenvalue weighted by molar-refractivity contribution is -0.150. The summed E-state index contributed by atoms with van der Waals surface area (Å²) in [6.45, 7) is 3.41. The maximum Gasteiger partial charge on any atom is 0.310 e. The van der Waals surface area contributed by atoms with Gasteiger partial charge in [-0.1, -0.05) is 0 Å². The largest absolute Gasteiger partial charge is 0.466 e. The molecule has 0 aliphatic carbocycles. The minimum atomic E-state index is -0.408. The van der Waals surface area contributed by atoms with E-state index >= 15 is 0 Å². The summed E-state index contributed by atoms with van der Waals surface area (Å²) in [5.41, 5.74) is 0. The number of carbonyl (C=O) groups is 3. The summed E-state index contributed by atoms with van der Waals surface area (Å²) in [7, 11) is 0. The van der Waals surface area contributed by atoms with Crippen LogP contribution in [0.25, 0.3) is 0 Å². The Morgan fingerprint density at radius 2 is 2.28 bits per heavy atom. The van der Waals surface area contributed by atoms with Gasteiger partial charge in [0.2, 0.25) is 11.8 Å². The van der Waals surface area contributed by atoms with Crippen LogP contribution in [0.1, 0.15) is 26.2 Å². The molecule has 2 saturated heterocycles. The van der Waals surface area contributed by atoms with E-state index in [0.717, 1.165) is 19.4 Å². The Labute approximate surface area is 106 Å². The van der Waals surface area contributed by atoms with Crippen LogP contribution in [0, 0.1) is 5.92 Å². The predicted octanol–water partition coefficient (Wildman–Crippen LogP) is -0.323. The van der Waals surface area contributed by atoms with Crippen molar-refractivity contribution in [3.63, 3.8) is 0 Å².